The van der Waals surface area contributed by atoms with Crippen molar-refractivity contribution < 1.29 is 37.0 Å². The molecule has 0 saturated carbocycles. The molecule has 1 saturated heterocycles. The first-order valence-corrected chi connectivity index (χ1v) is 10.9. The fraction of sp³-hybridized carbons (Fsp3) is 0.364. The molecule has 3 unspecified atom stereocenters. The predicted octanol–water partition coefficient (Wildman–Crippen LogP) is 2.26. The number of ether oxygens (including phenoxy) is 3. The number of tetrazole rings is 1. The van der Waals surface area contributed by atoms with Crippen molar-refractivity contribution in [1.29, 1.82) is 0 Å². The van der Waals surface area contributed by atoms with Crippen molar-refractivity contribution >= 4 is 17.9 Å². The highest BCUT2D eigenvalue weighted by Gasteiger charge is 2.41. The Morgan fingerprint density at radius 3 is 2.65 bits per heavy atom. The maximum atomic E-state index is 13.3. The standard InChI is InChI=1S/C22H22F3N7O5/c1-32-20(29-30-31-32)28-19(33)13-8-9-16(22(23,24)25)26-14(13)10-36-11-15-17(27-21(34)37-15)18(35-2)12-6-4-3-5-7-12/h3-9,15,17-18H,10-11H2,1-2H3,(H,27,34)(H,28,29,31,33). The summed E-state index contributed by atoms with van der Waals surface area (Å²) in [5.41, 5.74) is -0.864. The number of carbonyl (C=O) groups excluding carboxylic acids is 2. The van der Waals surface area contributed by atoms with E-state index in [9.17, 15) is 22.8 Å². The zero-order valence-electron chi connectivity index (χ0n) is 19.6. The van der Waals surface area contributed by atoms with Gasteiger partial charge in [-0.25, -0.2) is 14.5 Å². The Labute approximate surface area is 208 Å². The van der Waals surface area contributed by atoms with Crippen LogP contribution in [0.4, 0.5) is 23.9 Å². The Balaban J connectivity index is 1.51. The van der Waals surface area contributed by atoms with E-state index in [1.165, 1.54) is 18.8 Å². The van der Waals surface area contributed by atoms with Crippen molar-refractivity contribution in [3.05, 3.63) is 65.0 Å². The number of aromatic nitrogens is 5. The van der Waals surface area contributed by atoms with Crippen molar-refractivity contribution in [2.75, 3.05) is 19.0 Å². The number of hydrogen-bond donors (Lipinski definition) is 2. The Hall–Kier alpha value is -4.11. The monoisotopic (exact) mass is 521 g/mol. The number of carbonyl (C=O) groups is 2. The first kappa shape index (κ1) is 26.0. The van der Waals surface area contributed by atoms with Crippen molar-refractivity contribution in [2.24, 2.45) is 7.05 Å². The minimum atomic E-state index is -4.74. The van der Waals surface area contributed by atoms with Gasteiger partial charge in [0.05, 0.1) is 24.5 Å². The third-order valence-corrected chi connectivity index (χ3v) is 5.53. The number of alkyl carbamates (subject to hydrolysis) is 1. The molecule has 12 nitrogen and oxygen atoms in total. The maximum Gasteiger partial charge on any atom is 0.433 e. The Kier molecular flexibility index (Phi) is 7.63. The average molecular weight is 521 g/mol. The number of benzene rings is 1. The minimum absolute atomic E-state index is 0.0185. The molecule has 3 heterocycles. The molecule has 1 aromatic carbocycles. The summed E-state index contributed by atoms with van der Waals surface area (Å²) in [6, 6.07) is 10.1. The lowest BCUT2D eigenvalue weighted by molar-refractivity contribution is -0.141. The summed E-state index contributed by atoms with van der Waals surface area (Å²) in [6.45, 7) is -0.685. The highest BCUT2D eigenvalue weighted by Crippen LogP contribution is 2.30. The van der Waals surface area contributed by atoms with Gasteiger partial charge in [0.15, 0.2) is 0 Å². The molecule has 1 fully saturated rings. The molecule has 0 bridgehead atoms. The predicted molar refractivity (Wildman–Crippen MR) is 119 cm³/mol. The molecule has 196 valence electrons. The number of hydrogen-bond acceptors (Lipinski definition) is 9. The zero-order chi connectivity index (χ0) is 26.6. The second-order valence-corrected chi connectivity index (χ2v) is 7.96. The molecular weight excluding hydrogens is 499 g/mol. The van der Waals surface area contributed by atoms with Crippen molar-refractivity contribution in [3.63, 3.8) is 0 Å². The summed E-state index contributed by atoms with van der Waals surface area (Å²) in [4.78, 5) is 28.3. The summed E-state index contributed by atoms with van der Waals surface area (Å²) >= 11 is 0. The number of pyridine rings is 1. The quantitative estimate of drug-likeness (QED) is 0.434. The van der Waals surface area contributed by atoms with E-state index in [-0.39, 0.29) is 23.8 Å². The van der Waals surface area contributed by atoms with Gasteiger partial charge in [0.2, 0.25) is 5.95 Å². The average Bonchev–Trinajstić information content (AvgIpc) is 3.44. The third-order valence-electron chi connectivity index (χ3n) is 5.53. The van der Waals surface area contributed by atoms with Crippen molar-refractivity contribution in [3.8, 4) is 0 Å². The van der Waals surface area contributed by atoms with E-state index in [0.29, 0.717) is 6.07 Å². The second kappa shape index (κ2) is 10.9. The maximum absolute atomic E-state index is 13.3. The molecule has 1 aliphatic heterocycles. The van der Waals surface area contributed by atoms with Gasteiger partial charge in [0.25, 0.3) is 5.91 Å². The molecule has 3 atom stereocenters. The number of nitrogens with one attached hydrogen (secondary N) is 2. The molecule has 0 aliphatic carbocycles. The van der Waals surface area contributed by atoms with Crippen LogP contribution < -0.4 is 10.6 Å². The first-order chi connectivity index (χ1) is 17.7. The summed E-state index contributed by atoms with van der Waals surface area (Å²) in [5, 5.41) is 15.7. The highest BCUT2D eigenvalue weighted by molar-refractivity contribution is 6.04. The van der Waals surface area contributed by atoms with Gasteiger partial charge in [0.1, 0.15) is 23.9 Å². The number of halogens is 3. The molecule has 2 N–H and O–H groups in total. The third kappa shape index (κ3) is 6.00. The van der Waals surface area contributed by atoms with E-state index in [4.69, 9.17) is 14.2 Å². The number of nitrogens with zero attached hydrogens (tertiary/aromatic N) is 5. The van der Waals surface area contributed by atoms with Crippen LogP contribution in [0.1, 0.15) is 33.4 Å². The molecule has 0 radical (unpaired) electrons. The fourth-order valence-corrected chi connectivity index (χ4v) is 3.77. The van der Waals surface area contributed by atoms with Crippen molar-refractivity contribution in [2.45, 2.75) is 31.0 Å². The number of rotatable bonds is 9. The Morgan fingerprint density at radius 2 is 2.00 bits per heavy atom. The highest BCUT2D eigenvalue weighted by atomic mass is 19.4. The summed E-state index contributed by atoms with van der Waals surface area (Å²) < 4.78 is 57.5. The van der Waals surface area contributed by atoms with Gasteiger partial charge in [0, 0.05) is 14.2 Å². The summed E-state index contributed by atoms with van der Waals surface area (Å²) in [5.74, 6) is -0.803. The topological polar surface area (TPSA) is 142 Å². The zero-order valence-corrected chi connectivity index (χ0v) is 19.6. The van der Waals surface area contributed by atoms with E-state index in [2.05, 4.69) is 31.1 Å². The Morgan fingerprint density at radius 1 is 1.24 bits per heavy atom. The van der Waals surface area contributed by atoms with E-state index in [1.807, 2.05) is 30.3 Å². The van der Waals surface area contributed by atoms with Crippen LogP contribution in [0.25, 0.3) is 0 Å². The molecule has 1 aliphatic rings. The second-order valence-electron chi connectivity index (χ2n) is 7.96. The molecule has 4 rings (SSSR count). The van der Waals surface area contributed by atoms with Gasteiger partial charge >= 0.3 is 12.3 Å². The minimum Gasteiger partial charge on any atom is -0.441 e. The van der Waals surface area contributed by atoms with E-state index < -0.39 is 48.7 Å². The van der Waals surface area contributed by atoms with Crippen LogP contribution in [0.2, 0.25) is 0 Å². The van der Waals surface area contributed by atoms with E-state index in [1.54, 1.807) is 0 Å². The van der Waals surface area contributed by atoms with Gasteiger partial charge < -0.3 is 19.5 Å². The summed E-state index contributed by atoms with van der Waals surface area (Å²) in [7, 11) is 2.95. The van der Waals surface area contributed by atoms with Gasteiger partial charge in [-0.3, -0.25) is 10.1 Å². The van der Waals surface area contributed by atoms with Gasteiger partial charge in [-0.2, -0.15) is 13.2 Å². The van der Waals surface area contributed by atoms with Crippen LogP contribution in [0.15, 0.2) is 42.5 Å². The van der Waals surface area contributed by atoms with E-state index >= 15 is 0 Å². The largest absolute Gasteiger partial charge is 0.441 e. The molecule has 15 heteroatoms. The molecule has 2 amide bonds. The van der Waals surface area contributed by atoms with Gasteiger partial charge in [-0.1, -0.05) is 35.4 Å². The number of amides is 2. The molecular formula is C22H22F3N7O5. The molecule has 0 spiro atoms. The van der Waals surface area contributed by atoms with Crippen LogP contribution in [-0.4, -0.2) is 63.1 Å². The fourth-order valence-electron chi connectivity index (χ4n) is 3.77. The smallest absolute Gasteiger partial charge is 0.433 e. The van der Waals surface area contributed by atoms with E-state index in [0.717, 1.165) is 11.6 Å². The number of alkyl halides is 3. The van der Waals surface area contributed by atoms with Gasteiger partial charge in [-0.05, 0) is 28.1 Å². The number of cyclic esters (lactones) is 1. The van der Waals surface area contributed by atoms with Crippen LogP contribution in [0.3, 0.4) is 0 Å². The number of aryl methyl sites for hydroxylation is 1. The molecule has 2 aromatic heterocycles. The van der Waals surface area contributed by atoms with Crippen LogP contribution in [0.5, 0.6) is 0 Å². The lowest BCUT2D eigenvalue weighted by Gasteiger charge is -2.25. The molecule has 3 aromatic rings. The number of anilines is 1. The summed E-state index contributed by atoms with van der Waals surface area (Å²) in [6.07, 6.45) is -6.83. The van der Waals surface area contributed by atoms with Gasteiger partial charge in [-0.15, -0.1) is 0 Å². The van der Waals surface area contributed by atoms with Crippen LogP contribution >= 0.6 is 0 Å². The lowest BCUT2D eigenvalue weighted by Crippen LogP contribution is -2.40. The normalized spacial score (nSPS) is 18.2. The molecule has 37 heavy (non-hydrogen) atoms. The lowest BCUT2D eigenvalue weighted by atomic mass is 9.98. The van der Waals surface area contributed by atoms with Crippen LogP contribution in [0, 0.1) is 0 Å². The van der Waals surface area contributed by atoms with Crippen LogP contribution in [-0.2, 0) is 34.0 Å². The van der Waals surface area contributed by atoms with Crippen molar-refractivity contribution in [1.82, 2.24) is 30.5 Å². The Bertz CT molecular complexity index is 1250. The number of methoxy groups -OCH3 is 1. The first-order valence-electron chi connectivity index (χ1n) is 10.9. The SMILES string of the molecule is COC(c1ccccc1)C1NC(=O)OC1COCc1nc(C(F)(F)F)ccc1C(=O)Nc1nnnn1C.